The molecule has 0 unspecified atom stereocenters. The van der Waals surface area contributed by atoms with Crippen molar-refractivity contribution >= 4 is 23.3 Å². The Morgan fingerprint density at radius 2 is 1.59 bits per heavy atom. The van der Waals surface area contributed by atoms with Gasteiger partial charge < -0.3 is 0 Å². The largest absolute Gasteiger partial charge is 0.300 e. The smallest absolute Gasteiger partial charge is 0.258 e. The van der Waals surface area contributed by atoms with Gasteiger partial charge in [0.05, 0.1) is 5.69 Å². The Hall–Kier alpha value is -2.23. The van der Waals surface area contributed by atoms with E-state index in [0.29, 0.717) is 12.1 Å². The van der Waals surface area contributed by atoms with Gasteiger partial charge in [0.1, 0.15) is 5.78 Å². The molecule has 0 radical (unpaired) electrons. The van der Waals surface area contributed by atoms with Crippen molar-refractivity contribution in [1.82, 2.24) is 0 Å². The van der Waals surface area contributed by atoms with Gasteiger partial charge in [0.2, 0.25) is 0 Å². The fourth-order valence-corrected chi connectivity index (χ4v) is 1.71. The molecule has 0 N–H and O–H groups in total. The second-order valence-corrected chi connectivity index (χ2v) is 3.89. The molecule has 0 fully saturated rings. The quantitative estimate of drug-likeness (QED) is 0.733. The molecule has 0 spiro atoms. The highest BCUT2D eigenvalue weighted by Crippen LogP contribution is 2.19. The van der Waals surface area contributed by atoms with Gasteiger partial charge in [-0.25, -0.2) is 4.90 Å². The molecule has 0 atom stereocenters. The van der Waals surface area contributed by atoms with Crippen LogP contribution in [-0.4, -0.2) is 17.6 Å². The van der Waals surface area contributed by atoms with E-state index in [4.69, 9.17) is 0 Å². The van der Waals surface area contributed by atoms with Crippen LogP contribution in [0.4, 0.5) is 5.69 Å². The van der Waals surface area contributed by atoms with Gasteiger partial charge in [-0.05, 0) is 24.6 Å². The molecule has 0 bridgehead atoms. The van der Waals surface area contributed by atoms with E-state index in [0.717, 1.165) is 10.5 Å². The standard InChI is InChI=1S/C13H11NO3/c1-9(15)8-10-2-4-11(5-3-10)14-12(16)6-7-13(14)17/h2-7H,8H2,1H3. The molecule has 4 nitrogen and oxygen atoms in total. The van der Waals surface area contributed by atoms with Crippen LogP contribution in [0.2, 0.25) is 0 Å². The van der Waals surface area contributed by atoms with Crippen LogP contribution in [0.5, 0.6) is 0 Å². The Kier molecular flexibility index (Phi) is 2.87. The number of anilines is 1. The summed E-state index contributed by atoms with van der Waals surface area (Å²) in [5, 5.41) is 0. The lowest BCUT2D eigenvalue weighted by molar-refractivity contribution is -0.120. The zero-order valence-electron chi connectivity index (χ0n) is 9.34. The van der Waals surface area contributed by atoms with Gasteiger partial charge in [-0.2, -0.15) is 0 Å². The van der Waals surface area contributed by atoms with Gasteiger partial charge >= 0.3 is 0 Å². The van der Waals surface area contributed by atoms with Crippen LogP contribution in [0.1, 0.15) is 12.5 Å². The van der Waals surface area contributed by atoms with Gasteiger partial charge in [-0.3, -0.25) is 14.4 Å². The molecule has 0 aromatic heterocycles. The molecule has 4 heteroatoms. The van der Waals surface area contributed by atoms with E-state index < -0.39 is 0 Å². The molecular weight excluding hydrogens is 218 g/mol. The number of hydrogen-bond acceptors (Lipinski definition) is 3. The first kappa shape index (κ1) is 11.3. The van der Waals surface area contributed by atoms with Crippen LogP contribution in [0.3, 0.4) is 0 Å². The summed E-state index contributed by atoms with van der Waals surface area (Å²) in [7, 11) is 0. The molecule has 17 heavy (non-hydrogen) atoms. The lowest BCUT2D eigenvalue weighted by Gasteiger charge is -2.13. The molecule has 0 aliphatic carbocycles. The van der Waals surface area contributed by atoms with E-state index in [1.165, 1.54) is 19.1 Å². The highest BCUT2D eigenvalue weighted by Gasteiger charge is 2.24. The number of Topliss-reactive ketones (excluding diaryl/α,β-unsaturated/α-hetero) is 1. The molecule has 1 aliphatic rings. The summed E-state index contributed by atoms with van der Waals surface area (Å²) >= 11 is 0. The normalized spacial score (nSPS) is 14.5. The first-order valence-electron chi connectivity index (χ1n) is 5.22. The van der Waals surface area contributed by atoms with Gasteiger partial charge in [0.15, 0.2) is 0 Å². The number of imide groups is 1. The topological polar surface area (TPSA) is 54.5 Å². The van der Waals surface area contributed by atoms with Crippen molar-refractivity contribution in [1.29, 1.82) is 0 Å². The van der Waals surface area contributed by atoms with Crippen molar-refractivity contribution in [2.24, 2.45) is 0 Å². The summed E-state index contributed by atoms with van der Waals surface area (Å²) in [5.74, 6) is -0.601. The van der Waals surface area contributed by atoms with Crippen molar-refractivity contribution < 1.29 is 14.4 Å². The molecule has 1 aliphatic heterocycles. The highest BCUT2D eigenvalue weighted by atomic mass is 16.2. The molecule has 86 valence electrons. The lowest BCUT2D eigenvalue weighted by Crippen LogP contribution is -2.29. The maximum atomic E-state index is 11.4. The Balaban J connectivity index is 2.21. The number of rotatable bonds is 3. The minimum Gasteiger partial charge on any atom is -0.300 e. The maximum absolute atomic E-state index is 11.4. The number of carbonyl (C=O) groups is 3. The molecule has 2 amide bonds. The second-order valence-electron chi connectivity index (χ2n) is 3.89. The number of ketones is 1. The third-order valence-electron chi connectivity index (χ3n) is 2.46. The van der Waals surface area contributed by atoms with Crippen LogP contribution in [0.15, 0.2) is 36.4 Å². The third-order valence-corrected chi connectivity index (χ3v) is 2.46. The maximum Gasteiger partial charge on any atom is 0.258 e. The first-order chi connectivity index (χ1) is 8.08. The minimum atomic E-state index is -0.339. The lowest BCUT2D eigenvalue weighted by atomic mass is 10.1. The number of hydrogen-bond donors (Lipinski definition) is 0. The zero-order valence-corrected chi connectivity index (χ0v) is 9.34. The molecule has 2 rings (SSSR count). The molecular formula is C13H11NO3. The number of benzene rings is 1. The second kappa shape index (κ2) is 4.33. The average Bonchev–Trinajstić information content (AvgIpc) is 2.59. The predicted molar refractivity (Wildman–Crippen MR) is 62.5 cm³/mol. The molecule has 0 saturated carbocycles. The summed E-state index contributed by atoms with van der Waals surface area (Å²) in [5.41, 5.74) is 1.39. The van der Waals surface area contributed by atoms with Crippen molar-refractivity contribution in [3.8, 4) is 0 Å². The molecule has 1 aromatic rings. The number of amides is 2. The van der Waals surface area contributed by atoms with E-state index in [9.17, 15) is 14.4 Å². The number of carbonyl (C=O) groups excluding carboxylic acids is 3. The Labute approximate surface area is 98.5 Å². The summed E-state index contributed by atoms with van der Waals surface area (Å²) in [6, 6.07) is 6.83. The fourth-order valence-electron chi connectivity index (χ4n) is 1.71. The van der Waals surface area contributed by atoms with E-state index in [2.05, 4.69) is 0 Å². The Bertz CT molecular complexity index is 496. The van der Waals surface area contributed by atoms with Crippen LogP contribution in [-0.2, 0) is 20.8 Å². The summed E-state index contributed by atoms with van der Waals surface area (Å²) in [4.78, 5) is 34.8. The predicted octanol–water partition coefficient (Wildman–Crippen LogP) is 1.25. The van der Waals surface area contributed by atoms with Crippen molar-refractivity contribution in [2.75, 3.05) is 4.90 Å². The zero-order chi connectivity index (χ0) is 12.4. The van der Waals surface area contributed by atoms with Crippen molar-refractivity contribution in [3.63, 3.8) is 0 Å². The van der Waals surface area contributed by atoms with Crippen LogP contribution >= 0.6 is 0 Å². The fraction of sp³-hybridized carbons (Fsp3) is 0.154. The van der Waals surface area contributed by atoms with E-state index in [1.807, 2.05) is 0 Å². The summed E-state index contributed by atoms with van der Waals surface area (Å²) in [6.07, 6.45) is 2.85. The highest BCUT2D eigenvalue weighted by molar-refractivity contribution is 6.28. The molecule has 1 aromatic carbocycles. The van der Waals surface area contributed by atoms with Crippen molar-refractivity contribution in [3.05, 3.63) is 42.0 Å². The van der Waals surface area contributed by atoms with E-state index in [1.54, 1.807) is 24.3 Å². The molecule has 0 saturated heterocycles. The van der Waals surface area contributed by atoms with Gasteiger partial charge in [-0.1, -0.05) is 12.1 Å². The van der Waals surface area contributed by atoms with E-state index >= 15 is 0 Å². The number of nitrogens with zero attached hydrogens (tertiary/aromatic N) is 1. The Morgan fingerprint density at radius 1 is 1.06 bits per heavy atom. The molecule has 1 heterocycles. The van der Waals surface area contributed by atoms with Gasteiger partial charge in [-0.15, -0.1) is 0 Å². The van der Waals surface area contributed by atoms with Crippen LogP contribution in [0.25, 0.3) is 0 Å². The third kappa shape index (κ3) is 2.30. The minimum absolute atomic E-state index is 0.0766. The van der Waals surface area contributed by atoms with Crippen LogP contribution < -0.4 is 4.90 Å². The van der Waals surface area contributed by atoms with Crippen LogP contribution in [0, 0.1) is 0 Å². The first-order valence-corrected chi connectivity index (χ1v) is 5.22. The summed E-state index contributed by atoms with van der Waals surface area (Å²) < 4.78 is 0. The average molecular weight is 229 g/mol. The van der Waals surface area contributed by atoms with Crippen molar-refractivity contribution in [2.45, 2.75) is 13.3 Å². The SMILES string of the molecule is CC(=O)Cc1ccc(N2C(=O)C=CC2=O)cc1. The van der Waals surface area contributed by atoms with Gasteiger partial charge in [0, 0.05) is 18.6 Å². The van der Waals surface area contributed by atoms with E-state index in [-0.39, 0.29) is 17.6 Å². The summed E-state index contributed by atoms with van der Waals surface area (Å²) in [6.45, 7) is 1.52. The Morgan fingerprint density at radius 3 is 2.06 bits per heavy atom. The van der Waals surface area contributed by atoms with Gasteiger partial charge in [0.25, 0.3) is 11.8 Å². The monoisotopic (exact) mass is 229 g/mol.